The zero-order chi connectivity index (χ0) is 13.3. The zero-order valence-electron chi connectivity index (χ0n) is 10.4. The summed E-state index contributed by atoms with van der Waals surface area (Å²) >= 11 is 0. The molecule has 0 aromatic heterocycles. The summed E-state index contributed by atoms with van der Waals surface area (Å²) in [6.45, 7) is 2.53. The molecule has 96 valence electrons. The lowest BCUT2D eigenvalue weighted by Gasteiger charge is -2.28. The highest BCUT2D eigenvalue weighted by atomic mass is 19.1. The van der Waals surface area contributed by atoms with E-state index in [1.165, 1.54) is 4.90 Å². The third kappa shape index (κ3) is 1.96. The number of hydrogen-bond donors (Lipinski definition) is 1. The zero-order valence-corrected chi connectivity index (χ0v) is 10.4. The summed E-state index contributed by atoms with van der Waals surface area (Å²) in [7, 11) is 0. The first-order chi connectivity index (χ1) is 8.47. The van der Waals surface area contributed by atoms with Crippen LogP contribution in [-0.2, 0) is 4.79 Å². The second kappa shape index (κ2) is 4.40. The summed E-state index contributed by atoms with van der Waals surface area (Å²) < 4.78 is 12.6. The molecule has 0 aliphatic carbocycles. The maximum absolute atomic E-state index is 12.6. The first kappa shape index (κ1) is 12.5. The molecule has 1 heterocycles. The fourth-order valence-electron chi connectivity index (χ4n) is 2.06. The van der Waals surface area contributed by atoms with Gasteiger partial charge in [0.15, 0.2) is 0 Å². The molecule has 1 N–H and O–H groups in total. The van der Waals surface area contributed by atoms with Gasteiger partial charge in [-0.25, -0.2) is 4.39 Å². The number of para-hydroxylation sites is 1. The Bertz CT molecular complexity index is 500. The van der Waals surface area contributed by atoms with E-state index in [-0.39, 0.29) is 18.4 Å². The van der Waals surface area contributed by atoms with Crippen molar-refractivity contribution in [1.82, 2.24) is 5.32 Å². The molecule has 0 fully saturated rings. The number of hydrogen-bond acceptors (Lipinski definition) is 2. The van der Waals surface area contributed by atoms with Gasteiger partial charge < -0.3 is 10.2 Å². The van der Waals surface area contributed by atoms with E-state index in [9.17, 15) is 14.0 Å². The molecule has 2 rings (SSSR count). The Hall–Kier alpha value is -1.91. The van der Waals surface area contributed by atoms with Gasteiger partial charge in [-0.2, -0.15) is 0 Å². The summed E-state index contributed by atoms with van der Waals surface area (Å²) in [5, 5.41) is 2.66. The number of nitrogens with one attached hydrogen (secondary N) is 1. The maximum atomic E-state index is 12.6. The monoisotopic (exact) mass is 250 g/mol. The Kier molecular flexibility index (Phi) is 3.07. The molecule has 18 heavy (non-hydrogen) atoms. The molecule has 0 atom stereocenters. The van der Waals surface area contributed by atoms with Crippen LogP contribution in [0.1, 0.15) is 24.2 Å². The van der Waals surface area contributed by atoms with Crippen molar-refractivity contribution in [2.45, 2.75) is 19.4 Å². The van der Waals surface area contributed by atoms with Gasteiger partial charge in [0.1, 0.15) is 12.2 Å². The highest BCUT2D eigenvalue weighted by Gasteiger charge is 2.38. The summed E-state index contributed by atoms with van der Waals surface area (Å²) in [4.78, 5) is 25.7. The standard InChI is InChI=1S/C13H15FN2O2/c1-13(2)12(18)16(8-7-14)10-6-4-3-5-9(10)11(17)15-13/h3-6H,7-8H2,1-2H3,(H,15,17). The first-order valence-electron chi connectivity index (χ1n) is 5.77. The van der Waals surface area contributed by atoms with Crippen LogP contribution in [0.4, 0.5) is 10.1 Å². The Morgan fingerprint density at radius 1 is 1.28 bits per heavy atom. The number of nitrogens with zero attached hydrogens (tertiary/aromatic N) is 1. The van der Waals surface area contributed by atoms with E-state index in [0.717, 1.165) is 0 Å². The minimum absolute atomic E-state index is 0.0474. The molecule has 1 aliphatic heterocycles. The SMILES string of the molecule is CC1(C)NC(=O)c2ccccc2N(CCF)C1=O. The Balaban J connectivity index is 2.57. The number of halogens is 1. The number of fused-ring (bicyclic) bond motifs is 1. The highest BCUT2D eigenvalue weighted by Crippen LogP contribution is 2.26. The minimum Gasteiger partial charge on any atom is -0.338 e. The second-order valence-electron chi connectivity index (χ2n) is 4.74. The van der Waals surface area contributed by atoms with Crippen LogP contribution in [0.25, 0.3) is 0 Å². The summed E-state index contributed by atoms with van der Waals surface area (Å²) in [6.07, 6.45) is 0. The van der Waals surface area contributed by atoms with Gasteiger partial charge in [0, 0.05) is 0 Å². The number of amides is 2. The molecule has 0 unspecified atom stereocenters. The van der Waals surface area contributed by atoms with Crippen molar-refractivity contribution in [2.24, 2.45) is 0 Å². The van der Waals surface area contributed by atoms with Crippen molar-refractivity contribution in [3.05, 3.63) is 29.8 Å². The van der Waals surface area contributed by atoms with Crippen LogP contribution in [0.3, 0.4) is 0 Å². The van der Waals surface area contributed by atoms with Crippen molar-refractivity contribution in [1.29, 1.82) is 0 Å². The molecule has 2 amide bonds. The third-order valence-electron chi connectivity index (χ3n) is 2.95. The number of alkyl halides is 1. The maximum Gasteiger partial charge on any atom is 0.254 e. The first-order valence-corrected chi connectivity index (χ1v) is 5.77. The average molecular weight is 250 g/mol. The molecule has 1 aromatic carbocycles. The average Bonchev–Trinajstić information content (AvgIpc) is 2.40. The second-order valence-corrected chi connectivity index (χ2v) is 4.74. The molecular formula is C13H15FN2O2. The lowest BCUT2D eigenvalue weighted by Crippen LogP contribution is -2.54. The van der Waals surface area contributed by atoms with Gasteiger partial charge in [-0.1, -0.05) is 12.1 Å². The quantitative estimate of drug-likeness (QED) is 0.865. The van der Waals surface area contributed by atoms with Crippen LogP contribution in [0, 0.1) is 0 Å². The molecule has 1 aliphatic rings. The Morgan fingerprint density at radius 2 is 1.94 bits per heavy atom. The number of rotatable bonds is 2. The molecule has 5 heteroatoms. The Labute approximate surface area is 105 Å². The molecular weight excluding hydrogens is 235 g/mol. The normalized spacial score (nSPS) is 18.1. The predicted octanol–water partition coefficient (Wildman–Crippen LogP) is 1.51. The van der Waals surface area contributed by atoms with E-state index in [2.05, 4.69) is 5.32 Å². The molecule has 0 spiro atoms. The van der Waals surface area contributed by atoms with Gasteiger partial charge in [0.2, 0.25) is 0 Å². The molecule has 4 nitrogen and oxygen atoms in total. The van der Waals surface area contributed by atoms with E-state index < -0.39 is 12.2 Å². The minimum atomic E-state index is -1.04. The number of benzene rings is 1. The van der Waals surface area contributed by atoms with Gasteiger partial charge in [0.25, 0.3) is 11.8 Å². The fourth-order valence-corrected chi connectivity index (χ4v) is 2.06. The summed E-state index contributed by atoms with van der Waals surface area (Å²) in [5.41, 5.74) is -0.182. The molecule has 0 saturated carbocycles. The van der Waals surface area contributed by atoms with Crippen LogP contribution in [0.15, 0.2) is 24.3 Å². The smallest absolute Gasteiger partial charge is 0.254 e. The van der Waals surface area contributed by atoms with E-state index >= 15 is 0 Å². The number of carbonyl (C=O) groups is 2. The molecule has 1 aromatic rings. The Morgan fingerprint density at radius 3 is 2.61 bits per heavy atom. The van der Waals surface area contributed by atoms with Crippen LogP contribution < -0.4 is 10.2 Å². The van der Waals surface area contributed by atoms with Gasteiger partial charge in [0.05, 0.1) is 17.8 Å². The van der Waals surface area contributed by atoms with Gasteiger partial charge in [-0.05, 0) is 26.0 Å². The van der Waals surface area contributed by atoms with Crippen molar-refractivity contribution in [2.75, 3.05) is 18.1 Å². The van der Waals surface area contributed by atoms with E-state index in [1.807, 2.05) is 0 Å². The van der Waals surface area contributed by atoms with Gasteiger partial charge >= 0.3 is 0 Å². The van der Waals surface area contributed by atoms with E-state index in [1.54, 1.807) is 38.1 Å². The highest BCUT2D eigenvalue weighted by molar-refractivity contribution is 6.12. The van der Waals surface area contributed by atoms with Crippen molar-refractivity contribution in [3.63, 3.8) is 0 Å². The molecule has 0 radical (unpaired) electrons. The van der Waals surface area contributed by atoms with Crippen LogP contribution >= 0.6 is 0 Å². The lowest BCUT2D eigenvalue weighted by molar-refractivity contribution is -0.123. The molecule has 0 bridgehead atoms. The van der Waals surface area contributed by atoms with E-state index in [0.29, 0.717) is 11.3 Å². The fraction of sp³-hybridized carbons (Fsp3) is 0.385. The van der Waals surface area contributed by atoms with Crippen LogP contribution in [0.5, 0.6) is 0 Å². The summed E-state index contributed by atoms with van der Waals surface area (Å²) in [5.74, 6) is -0.622. The van der Waals surface area contributed by atoms with Crippen molar-refractivity contribution < 1.29 is 14.0 Å². The van der Waals surface area contributed by atoms with E-state index in [4.69, 9.17) is 0 Å². The van der Waals surface area contributed by atoms with Crippen LogP contribution in [0.2, 0.25) is 0 Å². The van der Waals surface area contributed by atoms with Gasteiger partial charge in [-0.3, -0.25) is 9.59 Å². The van der Waals surface area contributed by atoms with Crippen molar-refractivity contribution >= 4 is 17.5 Å². The number of carbonyl (C=O) groups excluding carboxylic acids is 2. The van der Waals surface area contributed by atoms with Gasteiger partial charge in [-0.15, -0.1) is 0 Å². The lowest BCUT2D eigenvalue weighted by atomic mass is 10.0. The largest absolute Gasteiger partial charge is 0.338 e. The number of anilines is 1. The predicted molar refractivity (Wildman–Crippen MR) is 66.3 cm³/mol. The topological polar surface area (TPSA) is 49.4 Å². The molecule has 0 saturated heterocycles. The summed E-state index contributed by atoms with van der Waals surface area (Å²) in [6, 6.07) is 6.73. The third-order valence-corrected chi connectivity index (χ3v) is 2.95. The van der Waals surface area contributed by atoms with Crippen molar-refractivity contribution in [3.8, 4) is 0 Å². The van der Waals surface area contributed by atoms with Crippen LogP contribution in [-0.4, -0.2) is 30.6 Å².